The summed E-state index contributed by atoms with van der Waals surface area (Å²) in [5.74, 6) is -8.16. The van der Waals surface area contributed by atoms with Crippen molar-refractivity contribution < 1.29 is 65.0 Å². The van der Waals surface area contributed by atoms with Crippen LogP contribution >= 0.6 is 0 Å². The van der Waals surface area contributed by atoms with E-state index in [4.69, 9.17) is 9.47 Å². The number of fused-ring (bicyclic) bond motifs is 3. The maximum absolute atomic E-state index is 14.8. The third-order valence-electron chi connectivity index (χ3n) is 13.0. The van der Waals surface area contributed by atoms with Crippen molar-refractivity contribution in [1.82, 2.24) is 9.97 Å². The molecule has 16 heteroatoms. The number of carbonyl (C=O) groups excluding carboxylic acids is 1. The Balaban J connectivity index is 1.25. The monoisotopic (exact) mass is 839 g/mol. The fourth-order valence-electron chi connectivity index (χ4n) is 10.1. The van der Waals surface area contributed by atoms with Crippen LogP contribution in [0, 0.1) is 5.92 Å². The molecule has 322 valence electrons. The number of H-pyrrole nitrogens is 1. The Kier molecular flexibility index (Phi) is 11.0. The Bertz CT molecular complexity index is 2390. The zero-order valence-electron chi connectivity index (χ0n) is 33.3. The van der Waals surface area contributed by atoms with Crippen LogP contribution in [-0.2, 0) is 32.6 Å². The molecule has 61 heavy (non-hydrogen) atoms. The lowest BCUT2D eigenvalue weighted by Gasteiger charge is -2.46. The Morgan fingerprint density at radius 3 is 2.44 bits per heavy atom. The van der Waals surface area contributed by atoms with Gasteiger partial charge in [-0.05, 0) is 66.6 Å². The van der Waals surface area contributed by atoms with Crippen LogP contribution in [0.4, 0.5) is 5.69 Å². The number of benzene rings is 3. The molecular weight excluding hydrogens is 791 g/mol. The highest BCUT2D eigenvalue weighted by Crippen LogP contribution is 2.64. The van der Waals surface area contributed by atoms with Gasteiger partial charge >= 0.3 is 11.9 Å². The number of hydrogen-bond donors (Lipinski definition) is 10. The standard InChI is InChI=1S/C45H49N3O13/c1-2-29-30(47-23-46-29)19-25-18-24(10-12-32(25)50)11-13-37(53)48-31-21-35(60-45(59)41(56)40(55)39(54)36(22-49)61-45)34(52)20-26(31)38-28(14-17-44(38,48)42(57)58)43(15-6-3-7-16-43)27-8-4-5-9-33(27)51/h4-5,8-14,17-18,20-21,23,28,36,38-41,49-52,54-56,59H,2-3,6-7,15-16,19,22H2,1H3,(H,46,47)(H,57,58). The highest BCUT2D eigenvalue weighted by molar-refractivity contribution is 6.13. The Labute approximate surface area is 350 Å². The Morgan fingerprint density at radius 2 is 1.74 bits per heavy atom. The van der Waals surface area contributed by atoms with Crippen LogP contribution in [0.3, 0.4) is 0 Å². The number of aliphatic hydroxyl groups excluding tert-OH is 4. The average Bonchev–Trinajstić information content (AvgIpc) is 3.95. The van der Waals surface area contributed by atoms with Gasteiger partial charge in [0.25, 0.3) is 5.91 Å². The van der Waals surface area contributed by atoms with E-state index >= 15 is 0 Å². The lowest BCUT2D eigenvalue weighted by molar-refractivity contribution is -0.422. The van der Waals surface area contributed by atoms with Crippen LogP contribution in [0.25, 0.3) is 6.08 Å². The summed E-state index contributed by atoms with van der Waals surface area (Å²) in [4.78, 5) is 37.3. The number of aromatic hydroxyl groups is 3. The third-order valence-corrected chi connectivity index (χ3v) is 13.0. The number of allylic oxidation sites excluding steroid dienone is 1. The number of hydrogen-bond acceptors (Lipinski definition) is 13. The first-order valence-corrected chi connectivity index (χ1v) is 20.4. The first-order chi connectivity index (χ1) is 29.2. The van der Waals surface area contributed by atoms with Gasteiger partial charge in [-0.25, -0.2) is 9.78 Å². The first kappa shape index (κ1) is 42.0. The van der Waals surface area contributed by atoms with E-state index in [0.29, 0.717) is 42.4 Å². The number of para-hydroxylation sites is 1. The van der Waals surface area contributed by atoms with Crippen LogP contribution in [-0.4, -0.2) is 110 Å². The highest BCUT2D eigenvalue weighted by Gasteiger charge is 2.66. The summed E-state index contributed by atoms with van der Waals surface area (Å²) in [7, 11) is 0. The second-order valence-corrected chi connectivity index (χ2v) is 16.4. The van der Waals surface area contributed by atoms with Crippen molar-refractivity contribution in [2.45, 2.75) is 99.1 Å². The van der Waals surface area contributed by atoms with E-state index in [-0.39, 0.29) is 22.7 Å². The van der Waals surface area contributed by atoms with Crippen LogP contribution in [0.2, 0.25) is 0 Å². The first-order valence-electron chi connectivity index (χ1n) is 20.4. The normalized spacial score (nSPS) is 29.1. The molecule has 10 N–H and O–H groups in total. The summed E-state index contributed by atoms with van der Waals surface area (Å²) in [5.41, 5.74) is 0.676. The Morgan fingerprint density at radius 1 is 0.984 bits per heavy atom. The number of nitrogens with zero attached hydrogens (tertiary/aromatic N) is 2. The molecule has 1 amide bonds. The topological polar surface area (TPSA) is 267 Å². The van der Waals surface area contributed by atoms with Gasteiger partial charge in [0.1, 0.15) is 29.8 Å². The molecule has 0 bridgehead atoms. The van der Waals surface area contributed by atoms with Gasteiger partial charge < -0.3 is 60.4 Å². The van der Waals surface area contributed by atoms with Crippen molar-refractivity contribution >= 4 is 23.6 Å². The van der Waals surface area contributed by atoms with Crippen LogP contribution < -0.4 is 9.64 Å². The van der Waals surface area contributed by atoms with E-state index in [9.17, 15) is 55.5 Å². The largest absolute Gasteiger partial charge is 0.508 e. The fraction of sp³-hybridized carbons (Fsp3) is 0.400. The van der Waals surface area contributed by atoms with E-state index in [2.05, 4.69) is 9.97 Å². The number of ether oxygens (including phenoxy) is 2. The number of phenolic OH excluding ortho intramolecular Hbond substituents is 3. The number of nitrogens with one attached hydrogen (secondary N) is 1. The number of anilines is 1. The number of aromatic amines is 1. The molecule has 4 aliphatic rings. The lowest BCUT2D eigenvalue weighted by Crippen LogP contribution is -2.67. The smallest absolute Gasteiger partial charge is 0.355 e. The zero-order valence-corrected chi connectivity index (χ0v) is 33.3. The number of aliphatic hydroxyl groups is 5. The number of carbonyl (C=O) groups is 2. The summed E-state index contributed by atoms with van der Waals surface area (Å²) in [6.07, 6.45) is 4.35. The molecule has 3 heterocycles. The van der Waals surface area contributed by atoms with Gasteiger partial charge in [-0.2, -0.15) is 0 Å². The summed E-state index contributed by atoms with van der Waals surface area (Å²) < 4.78 is 10.9. The van der Waals surface area contributed by atoms with Gasteiger partial charge in [0.15, 0.2) is 23.1 Å². The number of aromatic nitrogens is 2. The molecule has 3 aromatic carbocycles. The summed E-state index contributed by atoms with van der Waals surface area (Å²) in [6, 6.07) is 14.1. The lowest BCUT2D eigenvalue weighted by atomic mass is 9.57. The molecule has 2 fully saturated rings. The van der Waals surface area contributed by atoms with Gasteiger partial charge in [-0.1, -0.05) is 62.6 Å². The Hall–Kier alpha value is -5.75. The molecular formula is C45H49N3O13. The van der Waals surface area contributed by atoms with Crippen LogP contribution in [0.5, 0.6) is 23.0 Å². The minimum atomic E-state index is -3.14. The summed E-state index contributed by atoms with van der Waals surface area (Å²) >= 11 is 0. The molecule has 8 rings (SSSR count). The molecule has 16 nitrogen and oxygen atoms in total. The number of rotatable bonds is 11. The molecule has 1 saturated carbocycles. The maximum atomic E-state index is 14.8. The number of carboxylic acids is 1. The van der Waals surface area contributed by atoms with E-state index in [1.807, 2.05) is 19.1 Å². The predicted octanol–water partition coefficient (Wildman–Crippen LogP) is 3.23. The minimum absolute atomic E-state index is 0.0258. The van der Waals surface area contributed by atoms with E-state index in [1.165, 1.54) is 30.4 Å². The molecule has 8 atom stereocenters. The molecule has 0 spiro atoms. The van der Waals surface area contributed by atoms with Crippen molar-refractivity contribution in [2.24, 2.45) is 5.92 Å². The number of imidazole rings is 1. The maximum Gasteiger partial charge on any atom is 0.355 e. The number of phenols is 3. The minimum Gasteiger partial charge on any atom is -0.508 e. The van der Waals surface area contributed by atoms with Gasteiger partial charge in [0.2, 0.25) is 0 Å². The zero-order chi connectivity index (χ0) is 43.4. The molecule has 8 unspecified atom stereocenters. The van der Waals surface area contributed by atoms with E-state index < -0.39 is 83.2 Å². The van der Waals surface area contributed by atoms with Crippen molar-refractivity contribution in [3.63, 3.8) is 0 Å². The van der Waals surface area contributed by atoms with Gasteiger partial charge in [-0.15, -0.1) is 0 Å². The third kappa shape index (κ3) is 6.83. The molecule has 0 radical (unpaired) electrons. The summed E-state index contributed by atoms with van der Waals surface area (Å²) in [6.45, 7) is 1.06. The molecule has 2 aliphatic carbocycles. The van der Waals surface area contributed by atoms with Crippen molar-refractivity contribution in [3.8, 4) is 23.0 Å². The van der Waals surface area contributed by atoms with Crippen molar-refractivity contribution in [1.29, 1.82) is 0 Å². The predicted molar refractivity (Wildman–Crippen MR) is 218 cm³/mol. The van der Waals surface area contributed by atoms with Crippen molar-refractivity contribution in [3.05, 3.63) is 113 Å². The van der Waals surface area contributed by atoms with Gasteiger partial charge in [-0.3, -0.25) is 9.69 Å². The molecule has 4 aromatic rings. The quantitative estimate of drug-likeness (QED) is 0.0591. The molecule has 2 aliphatic heterocycles. The highest BCUT2D eigenvalue weighted by atomic mass is 16.8. The average molecular weight is 840 g/mol. The van der Waals surface area contributed by atoms with E-state index in [0.717, 1.165) is 41.6 Å². The number of aryl methyl sites for hydroxylation is 1. The van der Waals surface area contributed by atoms with Crippen LogP contribution in [0.15, 0.2) is 79.2 Å². The second-order valence-electron chi connectivity index (χ2n) is 16.4. The van der Waals surface area contributed by atoms with Crippen LogP contribution in [0.1, 0.15) is 78.6 Å². The van der Waals surface area contributed by atoms with Crippen molar-refractivity contribution in [2.75, 3.05) is 11.5 Å². The summed E-state index contributed by atoms with van der Waals surface area (Å²) in [5, 5.41) is 97.7. The van der Waals surface area contributed by atoms with Gasteiger partial charge in [0.05, 0.1) is 24.3 Å². The number of aliphatic carboxylic acids is 1. The van der Waals surface area contributed by atoms with E-state index in [1.54, 1.807) is 36.7 Å². The van der Waals surface area contributed by atoms with Gasteiger partial charge in [0, 0.05) is 46.7 Å². The number of carboxylic acid groups (broad SMARTS) is 1. The second kappa shape index (κ2) is 15.9. The molecule has 1 aromatic heterocycles. The number of amides is 1. The SMILES string of the molecule is CCc1nc[nH]c1Cc1cc(C=CC(=O)N2c3cc(OC4(O)OC(CO)C(O)C(O)C4O)c(O)cc3C3C(C4(c5ccccc5O)CCCCC4)C=CC32C(=O)O)ccc1O. The fourth-order valence-corrected chi connectivity index (χ4v) is 10.1. The molecule has 1 saturated heterocycles.